The van der Waals surface area contributed by atoms with Gasteiger partial charge in [-0.3, -0.25) is 0 Å². The summed E-state index contributed by atoms with van der Waals surface area (Å²) in [6.45, 7) is 3.91. The number of fused-ring (bicyclic) bond motifs is 1. The summed E-state index contributed by atoms with van der Waals surface area (Å²) in [4.78, 5) is 0. The molecule has 1 aromatic heterocycles. The van der Waals surface area contributed by atoms with Gasteiger partial charge in [-0.2, -0.15) is 5.10 Å². The van der Waals surface area contributed by atoms with E-state index < -0.39 is 0 Å². The summed E-state index contributed by atoms with van der Waals surface area (Å²) in [5.74, 6) is 1.70. The number of hydrogen-bond donors (Lipinski definition) is 0. The van der Waals surface area contributed by atoms with Crippen molar-refractivity contribution < 1.29 is 0 Å². The van der Waals surface area contributed by atoms with Crippen molar-refractivity contribution in [2.45, 2.75) is 20.3 Å². The maximum absolute atomic E-state index is 5.89. The Morgan fingerprint density at radius 2 is 1.89 bits per heavy atom. The summed E-state index contributed by atoms with van der Waals surface area (Å²) >= 11 is 5.89. The van der Waals surface area contributed by atoms with Crippen LogP contribution in [0.3, 0.4) is 0 Å². The van der Waals surface area contributed by atoms with Crippen LogP contribution in [0.25, 0.3) is 6.08 Å². The molecule has 4 nitrogen and oxygen atoms in total. The highest BCUT2D eigenvalue weighted by Gasteiger charge is 2.17. The van der Waals surface area contributed by atoms with E-state index in [-0.39, 0.29) is 0 Å². The fraction of sp³-hybridized carbons (Fsp3) is 0.214. The van der Waals surface area contributed by atoms with Crippen molar-refractivity contribution in [3.8, 4) is 0 Å². The number of halogens is 1. The van der Waals surface area contributed by atoms with Gasteiger partial charge in [0.05, 0.1) is 5.71 Å². The van der Waals surface area contributed by atoms with Crippen molar-refractivity contribution in [3.05, 3.63) is 52.1 Å². The van der Waals surface area contributed by atoms with Gasteiger partial charge in [0.1, 0.15) is 0 Å². The first-order valence-electron chi connectivity index (χ1n) is 6.06. The van der Waals surface area contributed by atoms with Gasteiger partial charge in [0.15, 0.2) is 11.6 Å². The van der Waals surface area contributed by atoms with Crippen LogP contribution in [0.2, 0.25) is 5.02 Å². The average Bonchev–Trinajstić information content (AvgIpc) is 2.74. The Balaban J connectivity index is 1.98. The van der Waals surface area contributed by atoms with E-state index in [2.05, 4.69) is 21.4 Å². The Morgan fingerprint density at radius 3 is 2.63 bits per heavy atom. The topological polar surface area (TPSA) is 43.1 Å². The highest BCUT2D eigenvalue weighted by atomic mass is 35.5. The highest BCUT2D eigenvalue weighted by molar-refractivity contribution is 6.30. The van der Waals surface area contributed by atoms with Crippen LogP contribution in [0, 0.1) is 6.92 Å². The van der Waals surface area contributed by atoms with Gasteiger partial charge < -0.3 is 0 Å². The second kappa shape index (κ2) is 4.63. The Labute approximate surface area is 116 Å². The SMILES string of the molecule is CC1=Nn2c(C)nnc2C/C1=C\c1ccc(Cl)cc1. The van der Waals surface area contributed by atoms with Crippen LogP contribution < -0.4 is 0 Å². The van der Waals surface area contributed by atoms with E-state index in [9.17, 15) is 0 Å². The van der Waals surface area contributed by atoms with E-state index >= 15 is 0 Å². The van der Waals surface area contributed by atoms with Crippen LogP contribution in [0.15, 0.2) is 34.9 Å². The molecular weight excluding hydrogens is 260 g/mol. The maximum Gasteiger partial charge on any atom is 0.159 e. The summed E-state index contributed by atoms with van der Waals surface area (Å²) in [5, 5.41) is 13.4. The molecule has 0 aliphatic carbocycles. The standard InChI is InChI=1S/C14H13ClN4/c1-9-12(7-11-3-5-13(15)6-4-11)8-14-17-16-10(2)19(14)18-9/h3-7H,8H2,1-2H3/b12-7+. The van der Waals surface area contributed by atoms with Gasteiger partial charge in [-0.05, 0) is 43.2 Å². The van der Waals surface area contributed by atoms with E-state index in [1.54, 1.807) is 4.68 Å². The van der Waals surface area contributed by atoms with Gasteiger partial charge in [0.2, 0.25) is 0 Å². The van der Waals surface area contributed by atoms with Crippen molar-refractivity contribution in [2.75, 3.05) is 0 Å². The monoisotopic (exact) mass is 272 g/mol. The molecule has 0 spiro atoms. The van der Waals surface area contributed by atoms with Gasteiger partial charge in [-0.1, -0.05) is 23.7 Å². The molecule has 0 amide bonds. The minimum atomic E-state index is 0.742. The fourth-order valence-corrected chi connectivity index (χ4v) is 2.20. The first kappa shape index (κ1) is 12.1. The third-order valence-electron chi connectivity index (χ3n) is 3.14. The van der Waals surface area contributed by atoms with Crippen LogP contribution in [-0.2, 0) is 6.42 Å². The van der Waals surface area contributed by atoms with Crippen molar-refractivity contribution in [1.29, 1.82) is 0 Å². The molecule has 96 valence electrons. The molecule has 0 N–H and O–H groups in total. The van der Waals surface area contributed by atoms with Crippen LogP contribution in [0.4, 0.5) is 0 Å². The number of nitrogens with zero attached hydrogens (tertiary/aromatic N) is 4. The third kappa shape index (κ3) is 2.31. The molecule has 0 radical (unpaired) electrons. The summed E-state index contributed by atoms with van der Waals surface area (Å²) in [6, 6.07) is 7.76. The highest BCUT2D eigenvalue weighted by Crippen LogP contribution is 2.19. The summed E-state index contributed by atoms with van der Waals surface area (Å²) < 4.78 is 1.80. The molecule has 1 aliphatic rings. The van der Waals surface area contributed by atoms with E-state index in [1.807, 2.05) is 38.1 Å². The number of allylic oxidation sites excluding steroid dienone is 1. The molecule has 3 rings (SSSR count). The molecule has 0 bridgehead atoms. The van der Waals surface area contributed by atoms with Gasteiger partial charge in [-0.15, -0.1) is 10.2 Å². The second-order valence-electron chi connectivity index (χ2n) is 4.56. The van der Waals surface area contributed by atoms with E-state index in [0.29, 0.717) is 0 Å². The lowest BCUT2D eigenvalue weighted by molar-refractivity contribution is 0.753. The molecule has 0 saturated heterocycles. The van der Waals surface area contributed by atoms with Crippen molar-refractivity contribution in [2.24, 2.45) is 5.10 Å². The number of aryl methyl sites for hydroxylation is 1. The minimum absolute atomic E-state index is 0.742. The molecule has 1 aromatic carbocycles. The van der Waals surface area contributed by atoms with E-state index in [0.717, 1.165) is 39.9 Å². The number of hydrogen-bond acceptors (Lipinski definition) is 3. The fourth-order valence-electron chi connectivity index (χ4n) is 2.07. The summed E-state index contributed by atoms with van der Waals surface area (Å²) in [7, 11) is 0. The Hall–Kier alpha value is -1.94. The zero-order chi connectivity index (χ0) is 13.4. The summed E-state index contributed by atoms with van der Waals surface area (Å²) in [6.07, 6.45) is 2.86. The largest absolute Gasteiger partial charge is 0.201 e. The van der Waals surface area contributed by atoms with Crippen LogP contribution >= 0.6 is 11.6 Å². The molecule has 0 fully saturated rings. The summed E-state index contributed by atoms with van der Waals surface area (Å²) in [5.41, 5.74) is 3.26. The average molecular weight is 273 g/mol. The number of aromatic nitrogens is 3. The Morgan fingerprint density at radius 1 is 1.16 bits per heavy atom. The maximum atomic E-state index is 5.89. The number of benzene rings is 1. The molecule has 0 atom stereocenters. The third-order valence-corrected chi connectivity index (χ3v) is 3.39. The van der Waals surface area contributed by atoms with Crippen LogP contribution in [-0.4, -0.2) is 20.6 Å². The van der Waals surface area contributed by atoms with Crippen molar-refractivity contribution in [3.63, 3.8) is 0 Å². The van der Waals surface area contributed by atoms with E-state index in [1.165, 1.54) is 0 Å². The lowest BCUT2D eigenvalue weighted by Gasteiger charge is -2.14. The molecule has 0 saturated carbocycles. The molecule has 2 aromatic rings. The zero-order valence-corrected chi connectivity index (χ0v) is 11.5. The Bertz CT molecular complexity index is 680. The number of rotatable bonds is 1. The molecule has 0 unspecified atom stereocenters. The molecule has 2 heterocycles. The van der Waals surface area contributed by atoms with Gasteiger partial charge in [0, 0.05) is 11.4 Å². The van der Waals surface area contributed by atoms with Gasteiger partial charge in [0.25, 0.3) is 0 Å². The quantitative estimate of drug-likeness (QED) is 0.801. The van der Waals surface area contributed by atoms with Crippen LogP contribution in [0.1, 0.15) is 24.1 Å². The molecular formula is C14H13ClN4. The first-order valence-corrected chi connectivity index (χ1v) is 6.44. The smallest absolute Gasteiger partial charge is 0.159 e. The minimum Gasteiger partial charge on any atom is -0.201 e. The van der Waals surface area contributed by atoms with E-state index in [4.69, 9.17) is 11.6 Å². The normalized spacial score (nSPS) is 16.4. The first-order chi connectivity index (χ1) is 9.13. The van der Waals surface area contributed by atoms with Gasteiger partial charge >= 0.3 is 0 Å². The second-order valence-corrected chi connectivity index (χ2v) is 4.99. The zero-order valence-electron chi connectivity index (χ0n) is 10.8. The van der Waals surface area contributed by atoms with Crippen molar-refractivity contribution in [1.82, 2.24) is 14.9 Å². The lowest BCUT2D eigenvalue weighted by Crippen LogP contribution is -2.14. The predicted octanol–water partition coefficient (Wildman–Crippen LogP) is 3.10. The van der Waals surface area contributed by atoms with Crippen LogP contribution in [0.5, 0.6) is 0 Å². The Kier molecular flexibility index (Phi) is 2.95. The molecule has 1 aliphatic heterocycles. The lowest BCUT2D eigenvalue weighted by atomic mass is 10.0. The predicted molar refractivity (Wildman–Crippen MR) is 76.4 cm³/mol. The van der Waals surface area contributed by atoms with Gasteiger partial charge in [-0.25, -0.2) is 4.68 Å². The molecule has 5 heteroatoms. The van der Waals surface area contributed by atoms with Crippen molar-refractivity contribution >= 4 is 23.4 Å². The molecule has 19 heavy (non-hydrogen) atoms.